The molecule has 3 aromatic carbocycles. The predicted octanol–water partition coefficient (Wildman–Crippen LogP) is 4.54. The lowest BCUT2D eigenvalue weighted by molar-refractivity contribution is -0.114. The second-order valence-electron chi connectivity index (χ2n) is 5.54. The molecule has 0 aliphatic heterocycles. The van der Waals surface area contributed by atoms with Gasteiger partial charge in [-0.1, -0.05) is 30.3 Å². The van der Waals surface area contributed by atoms with E-state index in [4.69, 9.17) is 9.47 Å². The molecule has 0 saturated heterocycles. The van der Waals surface area contributed by atoms with Crippen LogP contribution in [0.15, 0.2) is 78.9 Å². The molecule has 0 aliphatic rings. The summed E-state index contributed by atoms with van der Waals surface area (Å²) in [5, 5.41) is 5.95. The molecular formula is C21H20N2O3. The van der Waals surface area contributed by atoms with Crippen LogP contribution >= 0.6 is 0 Å². The molecule has 0 aliphatic carbocycles. The Hall–Kier alpha value is -3.47. The third-order valence-electron chi connectivity index (χ3n) is 3.68. The monoisotopic (exact) mass is 348 g/mol. The van der Waals surface area contributed by atoms with E-state index in [2.05, 4.69) is 10.6 Å². The molecular weight excluding hydrogens is 328 g/mol. The molecule has 0 aromatic heterocycles. The molecule has 0 bridgehead atoms. The van der Waals surface area contributed by atoms with Crippen molar-refractivity contribution in [3.05, 3.63) is 78.9 Å². The number of para-hydroxylation sites is 3. The van der Waals surface area contributed by atoms with Crippen molar-refractivity contribution in [2.24, 2.45) is 0 Å². The fraction of sp³-hybridized carbons (Fsp3) is 0.0952. The maximum absolute atomic E-state index is 12.3. The first-order valence-electron chi connectivity index (χ1n) is 8.24. The van der Waals surface area contributed by atoms with Crippen molar-refractivity contribution in [1.82, 2.24) is 0 Å². The van der Waals surface area contributed by atoms with Crippen LogP contribution in [0.2, 0.25) is 0 Å². The molecule has 3 rings (SSSR count). The molecule has 2 N–H and O–H groups in total. The zero-order valence-electron chi connectivity index (χ0n) is 14.4. The Morgan fingerprint density at radius 3 is 2.27 bits per heavy atom. The Kier molecular flexibility index (Phi) is 5.72. The lowest BCUT2D eigenvalue weighted by atomic mass is 10.2. The normalized spacial score (nSPS) is 10.0. The zero-order valence-corrected chi connectivity index (χ0v) is 14.4. The Labute approximate surface area is 152 Å². The number of rotatable bonds is 7. The lowest BCUT2D eigenvalue weighted by Gasteiger charge is -2.13. The largest absolute Gasteiger partial charge is 0.497 e. The van der Waals surface area contributed by atoms with E-state index in [1.54, 1.807) is 7.11 Å². The summed E-state index contributed by atoms with van der Waals surface area (Å²) in [4.78, 5) is 12.3. The smallest absolute Gasteiger partial charge is 0.243 e. The van der Waals surface area contributed by atoms with Gasteiger partial charge in [-0.05, 0) is 48.5 Å². The van der Waals surface area contributed by atoms with Gasteiger partial charge in [-0.25, -0.2) is 0 Å². The number of nitrogens with one attached hydrogen (secondary N) is 2. The average Bonchev–Trinajstić information content (AvgIpc) is 2.69. The van der Waals surface area contributed by atoms with Crippen molar-refractivity contribution in [2.45, 2.75) is 0 Å². The lowest BCUT2D eigenvalue weighted by Crippen LogP contribution is -2.21. The molecule has 0 radical (unpaired) electrons. The highest BCUT2D eigenvalue weighted by Crippen LogP contribution is 2.29. The fourth-order valence-corrected chi connectivity index (χ4v) is 2.36. The topological polar surface area (TPSA) is 59.6 Å². The van der Waals surface area contributed by atoms with Crippen molar-refractivity contribution >= 4 is 17.3 Å². The van der Waals surface area contributed by atoms with Gasteiger partial charge in [0.2, 0.25) is 5.91 Å². The van der Waals surface area contributed by atoms with Crippen LogP contribution in [0.1, 0.15) is 0 Å². The number of methoxy groups -OCH3 is 1. The van der Waals surface area contributed by atoms with E-state index in [9.17, 15) is 4.79 Å². The van der Waals surface area contributed by atoms with Crippen LogP contribution in [0, 0.1) is 0 Å². The second-order valence-corrected chi connectivity index (χ2v) is 5.54. The zero-order chi connectivity index (χ0) is 18.2. The first-order valence-corrected chi connectivity index (χ1v) is 8.24. The number of anilines is 2. The number of hydrogen-bond acceptors (Lipinski definition) is 4. The molecule has 5 heteroatoms. The molecule has 0 unspecified atom stereocenters. The number of benzene rings is 3. The maximum atomic E-state index is 12.3. The summed E-state index contributed by atoms with van der Waals surface area (Å²) < 4.78 is 11.0. The van der Waals surface area contributed by atoms with Gasteiger partial charge in [0.05, 0.1) is 19.3 Å². The number of carbonyl (C=O) groups excluding carboxylic acids is 1. The molecule has 26 heavy (non-hydrogen) atoms. The SMILES string of the molecule is COc1ccc(NCC(=O)Nc2ccccc2Oc2ccccc2)cc1. The van der Waals surface area contributed by atoms with E-state index in [1.807, 2.05) is 78.9 Å². The van der Waals surface area contributed by atoms with Gasteiger partial charge < -0.3 is 20.1 Å². The van der Waals surface area contributed by atoms with E-state index >= 15 is 0 Å². The van der Waals surface area contributed by atoms with E-state index < -0.39 is 0 Å². The van der Waals surface area contributed by atoms with Crippen molar-refractivity contribution in [3.63, 3.8) is 0 Å². The highest BCUT2D eigenvalue weighted by atomic mass is 16.5. The van der Waals surface area contributed by atoms with Crippen molar-refractivity contribution in [2.75, 3.05) is 24.3 Å². The standard InChI is InChI=1S/C21H20N2O3/c1-25-17-13-11-16(12-14-17)22-15-21(24)23-19-9-5-6-10-20(19)26-18-7-3-2-4-8-18/h2-14,22H,15H2,1H3,(H,23,24). The Morgan fingerprint density at radius 1 is 0.846 bits per heavy atom. The predicted molar refractivity (Wildman–Crippen MR) is 103 cm³/mol. The minimum atomic E-state index is -0.162. The van der Waals surface area contributed by atoms with Gasteiger partial charge in [-0.2, -0.15) is 0 Å². The summed E-state index contributed by atoms with van der Waals surface area (Å²) >= 11 is 0. The molecule has 132 valence electrons. The minimum absolute atomic E-state index is 0.145. The van der Waals surface area contributed by atoms with Gasteiger partial charge in [0.15, 0.2) is 5.75 Å². The summed E-state index contributed by atoms with van der Waals surface area (Å²) in [5.74, 6) is 1.92. The first-order chi connectivity index (χ1) is 12.7. The minimum Gasteiger partial charge on any atom is -0.497 e. The highest BCUT2D eigenvalue weighted by Gasteiger charge is 2.08. The molecule has 0 fully saturated rings. The third kappa shape index (κ3) is 4.77. The van der Waals surface area contributed by atoms with E-state index in [0.29, 0.717) is 17.2 Å². The number of amides is 1. The van der Waals surface area contributed by atoms with E-state index in [1.165, 1.54) is 0 Å². The number of carbonyl (C=O) groups is 1. The van der Waals surface area contributed by atoms with Gasteiger partial charge in [0, 0.05) is 5.69 Å². The molecule has 3 aromatic rings. The van der Waals surface area contributed by atoms with E-state index in [-0.39, 0.29) is 12.5 Å². The van der Waals surface area contributed by atoms with Crippen LogP contribution in [0.5, 0.6) is 17.2 Å². The maximum Gasteiger partial charge on any atom is 0.243 e. The average molecular weight is 348 g/mol. The van der Waals surface area contributed by atoms with Gasteiger partial charge in [-0.3, -0.25) is 4.79 Å². The van der Waals surface area contributed by atoms with Crippen LogP contribution in [-0.4, -0.2) is 19.6 Å². The van der Waals surface area contributed by atoms with Crippen molar-refractivity contribution < 1.29 is 14.3 Å². The number of ether oxygens (including phenoxy) is 2. The Morgan fingerprint density at radius 2 is 1.54 bits per heavy atom. The van der Waals surface area contributed by atoms with Crippen LogP contribution in [-0.2, 0) is 4.79 Å². The highest BCUT2D eigenvalue weighted by molar-refractivity contribution is 5.95. The molecule has 1 amide bonds. The summed E-state index contributed by atoms with van der Waals surface area (Å²) in [5.41, 5.74) is 1.47. The second kappa shape index (κ2) is 8.58. The molecule has 0 atom stereocenters. The molecule has 0 spiro atoms. The van der Waals surface area contributed by atoms with Gasteiger partial charge in [0.1, 0.15) is 11.5 Å². The molecule has 5 nitrogen and oxygen atoms in total. The fourth-order valence-electron chi connectivity index (χ4n) is 2.36. The van der Waals surface area contributed by atoms with Crippen LogP contribution in [0.25, 0.3) is 0 Å². The summed E-state index contributed by atoms with van der Waals surface area (Å²) in [6.45, 7) is 0.145. The summed E-state index contributed by atoms with van der Waals surface area (Å²) in [7, 11) is 1.62. The first kappa shape index (κ1) is 17.4. The van der Waals surface area contributed by atoms with Crippen LogP contribution < -0.4 is 20.1 Å². The molecule has 0 heterocycles. The van der Waals surface area contributed by atoms with Gasteiger partial charge in [0.25, 0.3) is 0 Å². The van der Waals surface area contributed by atoms with Crippen molar-refractivity contribution in [3.8, 4) is 17.2 Å². The van der Waals surface area contributed by atoms with Crippen molar-refractivity contribution in [1.29, 1.82) is 0 Å². The van der Waals surface area contributed by atoms with Gasteiger partial charge in [-0.15, -0.1) is 0 Å². The van der Waals surface area contributed by atoms with Crippen LogP contribution in [0.3, 0.4) is 0 Å². The summed E-state index contributed by atoms with van der Waals surface area (Å²) in [6, 6.07) is 24.2. The Bertz CT molecular complexity index is 849. The number of hydrogen-bond donors (Lipinski definition) is 2. The molecule has 0 saturated carbocycles. The Balaban J connectivity index is 1.60. The summed E-state index contributed by atoms with van der Waals surface area (Å²) in [6.07, 6.45) is 0. The van der Waals surface area contributed by atoms with Gasteiger partial charge >= 0.3 is 0 Å². The quantitative estimate of drug-likeness (QED) is 0.658. The van der Waals surface area contributed by atoms with Crippen LogP contribution in [0.4, 0.5) is 11.4 Å². The third-order valence-corrected chi connectivity index (χ3v) is 3.68. The van der Waals surface area contributed by atoms with E-state index in [0.717, 1.165) is 11.4 Å².